The van der Waals surface area contributed by atoms with Crippen LogP contribution in [0.3, 0.4) is 0 Å². The van der Waals surface area contributed by atoms with E-state index in [4.69, 9.17) is 5.73 Å². The number of pyridine rings is 2. The smallest absolute Gasteiger partial charge is 0.237 e. The maximum atomic E-state index is 13.3. The molecule has 4 heterocycles. The number of nitrogens with two attached hydrogens (primary N) is 1. The molecule has 2 aromatic heterocycles. The molecule has 2 saturated heterocycles. The van der Waals surface area contributed by atoms with Crippen molar-refractivity contribution in [2.24, 2.45) is 17.6 Å². The Morgan fingerprint density at radius 3 is 1.67 bits per heavy atom. The molecule has 2 fully saturated rings. The Balaban J connectivity index is 0.000000224. The van der Waals surface area contributed by atoms with Crippen LogP contribution in [0.1, 0.15) is 133 Å². The number of amides is 2. The van der Waals surface area contributed by atoms with Crippen LogP contribution >= 0.6 is 0 Å². The predicted octanol–water partition coefficient (Wildman–Crippen LogP) is 4.31. The summed E-state index contributed by atoms with van der Waals surface area (Å²) >= 11 is 0. The van der Waals surface area contributed by atoms with Crippen molar-refractivity contribution in [2.45, 2.75) is 147 Å². The fraction of sp³-hybridized carbons (Fsp3) is 0.733. The predicted molar refractivity (Wildman–Crippen MR) is 231 cm³/mol. The second-order valence-corrected chi connectivity index (χ2v) is 17.8. The van der Waals surface area contributed by atoms with E-state index in [9.17, 15) is 9.59 Å². The molecule has 2 amide bonds. The van der Waals surface area contributed by atoms with Gasteiger partial charge in [-0.2, -0.15) is 0 Å². The molecule has 12 heteroatoms. The van der Waals surface area contributed by atoms with Gasteiger partial charge in [-0.25, -0.2) is 0 Å². The average molecular weight is 789 g/mol. The second-order valence-electron chi connectivity index (χ2n) is 17.8. The minimum atomic E-state index is -0.176. The third kappa shape index (κ3) is 15.0. The number of rotatable bonds is 20. The van der Waals surface area contributed by atoms with E-state index in [-0.39, 0.29) is 48.1 Å². The number of hydrogen-bond donors (Lipinski definition) is 7. The highest BCUT2D eigenvalue weighted by Gasteiger charge is 2.30. The number of nitrogens with one attached hydrogen (secondary N) is 6. The fourth-order valence-corrected chi connectivity index (χ4v) is 9.07. The first-order chi connectivity index (χ1) is 27.7. The quantitative estimate of drug-likeness (QED) is 0.0964. The lowest BCUT2D eigenvalue weighted by Crippen LogP contribution is -2.50. The summed E-state index contributed by atoms with van der Waals surface area (Å²) in [5, 5.41) is 20.5. The molecular weight excluding hydrogens is 713 g/mol. The van der Waals surface area contributed by atoms with Crippen LogP contribution in [-0.4, -0.2) is 103 Å². The Morgan fingerprint density at radius 1 is 0.737 bits per heavy atom. The molecule has 0 radical (unpaired) electrons. The lowest BCUT2D eigenvalue weighted by atomic mass is 9.91. The molecule has 0 bridgehead atoms. The monoisotopic (exact) mass is 789 g/mol. The Bertz CT molecular complexity index is 1470. The highest BCUT2D eigenvalue weighted by molar-refractivity contribution is 5.82. The van der Waals surface area contributed by atoms with E-state index in [0.29, 0.717) is 18.4 Å². The number of fused-ring (bicyclic) bond motifs is 2. The van der Waals surface area contributed by atoms with Gasteiger partial charge < -0.3 is 31.9 Å². The molecule has 8 N–H and O–H groups in total. The summed E-state index contributed by atoms with van der Waals surface area (Å²) < 4.78 is 0. The molecule has 57 heavy (non-hydrogen) atoms. The number of aryl methyl sites for hydroxylation is 2. The number of carbonyl (C=O) groups is 2. The van der Waals surface area contributed by atoms with Crippen molar-refractivity contribution >= 4 is 11.8 Å². The summed E-state index contributed by atoms with van der Waals surface area (Å²) in [7, 11) is 0. The maximum absolute atomic E-state index is 13.3. The van der Waals surface area contributed by atoms with Crippen molar-refractivity contribution in [1.29, 1.82) is 0 Å². The van der Waals surface area contributed by atoms with Gasteiger partial charge in [-0.05, 0) is 138 Å². The summed E-state index contributed by atoms with van der Waals surface area (Å²) in [4.78, 5) is 37.9. The average Bonchev–Trinajstić information content (AvgIpc) is 3.92. The van der Waals surface area contributed by atoms with E-state index < -0.39 is 0 Å². The van der Waals surface area contributed by atoms with Crippen LogP contribution < -0.4 is 37.6 Å². The first-order valence-electron chi connectivity index (χ1n) is 22.5. The lowest BCUT2D eigenvalue weighted by Gasteiger charge is -2.31. The van der Waals surface area contributed by atoms with Gasteiger partial charge in [0.1, 0.15) is 0 Å². The fourth-order valence-electron chi connectivity index (χ4n) is 9.07. The van der Waals surface area contributed by atoms with E-state index in [1.165, 1.54) is 11.1 Å². The van der Waals surface area contributed by atoms with Crippen LogP contribution in [0.15, 0.2) is 36.7 Å². The highest BCUT2D eigenvalue weighted by Crippen LogP contribution is 2.30. The summed E-state index contributed by atoms with van der Waals surface area (Å²) in [6.45, 7) is 16.8. The molecule has 0 spiro atoms. The molecule has 2 aliphatic heterocycles. The van der Waals surface area contributed by atoms with Gasteiger partial charge in [0.05, 0.1) is 35.6 Å². The van der Waals surface area contributed by atoms with Crippen LogP contribution in [-0.2, 0) is 22.4 Å². The second kappa shape index (κ2) is 24.2. The molecule has 4 aliphatic rings. The van der Waals surface area contributed by atoms with E-state index >= 15 is 0 Å². The topological polar surface area (TPSA) is 161 Å². The van der Waals surface area contributed by atoms with Gasteiger partial charge in [-0.3, -0.25) is 30.2 Å². The minimum absolute atomic E-state index is 0.119. The van der Waals surface area contributed by atoms with Crippen LogP contribution in [0.5, 0.6) is 0 Å². The van der Waals surface area contributed by atoms with Crippen molar-refractivity contribution in [3.05, 3.63) is 59.2 Å². The third-order valence-electron chi connectivity index (χ3n) is 11.8. The zero-order valence-corrected chi connectivity index (χ0v) is 35.7. The molecule has 6 atom stereocenters. The van der Waals surface area contributed by atoms with Gasteiger partial charge in [0.15, 0.2) is 0 Å². The van der Waals surface area contributed by atoms with Crippen LogP contribution in [0.25, 0.3) is 0 Å². The van der Waals surface area contributed by atoms with Crippen molar-refractivity contribution in [1.82, 2.24) is 46.8 Å². The first-order valence-corrected chi connectivity index (χ1v) is 22.5. The Kier molecular flexibility index (Phi) is 19.1. The van der Waals surface area contributed by atoms with Gasteiger partial charge in [-0.1, -0.05) is 46.2 Å². The Morgan fingerprint density at radius 2 is 1.23 bits per heavy atom. The van der Waals surface area contributed by atoms with E-state index in [0.717, 1.165) is 141 Å². The molecule has 0 saturated carbocycles. The zero-order chi connectivity index (χ0) is 40.4. The minimum Gasteiger partial charge on any atom is -0.351 e. The molecule has 2 aliphatic carbocycles. The first kappa shape index (κ1) is 45.1. The van der Waals surface area contributed by atoms with Gasteiger partial charge in [-0.15, -0.1) is 0 Å². The number of nitrogens with zero attached hydrogens (tertiary/aromatic N) is 3. The number of aromatic nitrogens is 2. The van der Waals surface area contributed by atoms with Gasteiger partial charge >= 0.3 is 0 Å². The number of unbranched alkanes of at least 4 members (excludes halogenated alkanes) is 1. The van der Waals surface area contributed by atoms with Crippen molar-refractivity contribution in [2.75, 3.05) is 52.4 Å². The highest BCUT2D eigenvalue weighted by atomic mass is 16.2. The molecule has 0 aromatic carbocycles. The van der Waals surface area contributed by atoms with Gasteiger partial charge in [0.25, 0.3) is 0 Å². The molecule has 2 aromatic rings. The number of carbonyl (C=O) groups excluding carboxylic acids is 2. The van der Waals surface area contributed by atoms with E-state index in [1.54, 1.807) is 0 Å². The molecule has 6 rings (SSSR count). The van der Waals surface area contributed by atoms with Gasteiger partial charge in [0, 0.05) is 50.7 Å². The summed E-state index contributed by atoms with van der Waals surface area (Å²) in [6, 6.07) is 8.86. The summed E-state index contributed by atoms with van der Waals surface area (Å²) in [5.41, 5.74) is 10.5. The SMILES string of the molecule is CC(C)CN(CCCC(NC1CCCc2cccnc21)C(=O)NC1CCNC1)CC(C)C.NCCCCC(NC1CCCc2cccnc21)C(=O)NC1CCNC1. The standard InChI is InChI=1S/C26H45N5O.C19H31N5O/c1-19(2)17-31(18-20(3)4)15-7-11-24(26(32)29-22-12-14-27-16-22)30-23-10-5-8-21-9-6-13-28-25(21)23;20-10-2-1-7-17(19(25)23-15-9-12-21-13-15)24-16-8-3-5-14-6-4-11-22-18(14)16/h6,9,13,19-20,22-24,27,30H,5,7-8,10-12,14-18H2,1-4H3,(H,29,32);4,6,11,15-17,21,24H,1-3,5,7-10,12-13,20H2,(H,23,25). The molecule has 12 nitrogen and oxygen atoms in total. The largest absolute Gasteiger partial charge is 0.351 e. The van der Waals surface area contributed by atoms with E-state index in [2.05, 4.69) is 86.6 Å². The molecular formula is C45H76N10O2. The lowest BCUT2D eigenvalue weighted by molar-refractivity contribution is -0.125. The normalized spacial score (nSPS) is 22.7. The molecule has 318 valence electrons. The molecule has 6 unspecified atom stereocenters. The summed E-state index contributed by atoms with van der Waals surface area (Å²) in [5.74, 6) is 1.59. The third-order valence-corrected chi connectivity index (χ3v) is 11.8. The van der Waals surface area contributed by atoms with Crippen molar-refractivity contribution < 1.29 is 9.59 Å². The maximum Gasteiger partial charge on any atom is 0.237 e. The summed E-state index contributed by atoms with van der Waals surface area (Å²) in [6.07, 6.45) is 16.9. The number of hydrogen-bond acceptors (Lipinski definition) is 10. The van der Waals surface area contributed by atoms with Gasteiger partial charge in [0.2, 0.25) is 11.8 Å². The van der Waals surface area contributed by atoms with Crippen LogP contribution in [0.4, 0.5) is 0 Å². The van der Waals surface area contributed by atoms with Crippen molar-refractivity contribution in [3.8, 4) is 0 Å². The Labute approximate surface area is 343 Å². The zero-order valence-electron chi connectivity index (χ0n) is 35.7. The Hall–Kier alpha value is -3.00. The van der Waals surface area contributed by atoms with Crippen LogP contribution in [0.2, 0.25) is 0 Å². The van der Waals surface area contributed by atoms with Crippen LogP contribution in [0, 0.1) is 11.8 Å². The van der Waals surface area contributed by atoms with E-state index in [1.807, 2.05) is 24.5 Å². The van der Waals surface area contributed by atoms with Crippen molar-refractivity contribution in [3.63, 3.8) is 0 Å².